The topological polar surface area (TPSA) is 90.5 Å². The van der Waals surface area contributed by atoms with Gasteiger partial charge in [0.2, 0.25) is 0 Å². The summed E-state index contributed by atoms with van der Waals surface area (Å²) in [6.07, 6.45) is 0. The SMILES string of the molecule is c1ccc(-c2nc(-c3ccccc3)nc(-c3cccc(-c4nc5ccccc5nc4-c4ccc5oc6ccccc6c5n4)c3)n2)cc1. The molecule has 0 unspecified atom stereocenters. The Morgan fingerprint density at radius 1 is 0.362 bits per heavy atom. The van der Waals surface area contributed by atoms with Crippen LogP contribution in [-0.4, -0.2) is 29.9 Å². The molecule has 47 heavy (non-hydrogen) atoms. The molecule has 0 atom stereocenters. The summed E-state index contributed by atoms with van der Waals surface area (Å²) in [7, 11) is 0. The molecule has 0 radical (unpaired) electrons. The molecule has 220 valence electrons. The molecule has 0 saturated heterocycles. The molecule has 9 rings (SSSR count). The van der Waals surface area contributed by atoms with Crippen LogP contribution in [0.2, 0.25) is 0 Å². The molecule has 0 spiro atoms. The highest BCUT2D eigenvalue weighted by atomic mass is 16.3. The molecule has 4 heterocycles. The summed E-state index contributed by atoms with van der Waals surface area (Å²) in [6.45, 7) is 0. The van der Waals surface area contributed by atoms with Crippen molar-refractivity contribution in [2.24, 2.45) is 0 Å². The number of para-hydroxylation sites is 3. The van der Waals surface area contributed by atoms with Crippen molar-refractivity contribution in [3.8, 4) is 56.8 Å². The Balaban J connectivity index is 1.23. The molecule has 5 aromatic carbocycles. The number of benzene rings is 5. The van der Waals surface area contributed by atoms with E-state index >= 15 is 0 Å². The predicted molar refractivity (Wildman–Crippen MR) is 185 cm³/mol. The molecule has 0 N–H and O–H groups in total. The fourth-order valence-corrected chi connectivity index (χ4v) is 5.85. The van der Waals surface area contributed by atoms with E-state index in [9.17, 15) is 0 Å². The molecule has 9 aromatic rings. The van der Waals surface area contributed by atoms with E-state index in [1.807, 2.05) is 140 Å². The predicted octanol–water partition coefficient (Wildman–Crippen LogP) is 9.44. The Bertz CT molecular complexity index is 2520. The van der Waals surface area contributed by atoms with Gasteiger partial charge in [-0.3, -0.25) is 0 Å². The van der Waals surface area contributed by atoms with Crippen molar-refractivity contribution in [2.75, 3.05) is 0 Å². The van der Waals surface area contributed by atoms with E-state index < -0.39 is 0 Å². The van der Waals surface area contributed by atoms with Crippen molar-refractivity contribution in [3.63, 3.8) is 0 Å². The molecule has 0 saturated carbocycles. The number of hydrogen-bond donors (Lipinski definition) is 0. The molecule has 0 aliphatic carbocycles. The fourth-order valence-electron chi connectivity index (χ4n) is 5.85. The third-order valence-corrected chi connectivity index (χ3v) is 8.13. The van der Waals surface area contributed by atoms with E-state index in [4.69, 9.17) is 34.3 Å². The van der Waals surface area contributed by atoms with Gasteiger partial charge in [-0.25, -0.2) is 29.9 Å². The average Bonchev–Trinajstić information content (AvgIpc) is 3.53. The minimum absolute atomic E-state index is 0.569. The largest absolute Gasteiger partial charge is 0.454 e. The molecular weight excluding hydrogens is 580 g/mol. The third-order valence-electron chi connectivity index (χ3n) is 8.13. The molecule has 7 heteroatoms. The highest BCUT2D eigenvalue weighted by Gasteiger charge is 2.19. The summed E-state index contributed by atoms with van der Waals surface area (Å²) in [5.74, 6) is 1.78. The number of hydrogen-bond acceptors (Lipinski definition) is 7. The Labute approximate surface area is 269 Å². The Kier molecular flexibility index (Phi) is 6.31. The lowest BCUT2D eigenvalue weighted by molar-refractivity contribution is 0.668. The van der Waals surface area contributed by atoms with E-state index in [-0.39, 0.29) is 0 Å². The second-order valence-corrected chi connectivity index (χ2v) is 11.2. The van der Waals surface area contributed by atoms with Crippen LogP contribution in [0.15, 0.2) is 150 Å². The summed E-state index contributed by atoms with van der Waals surface area (Å²) in [5.41, 5.74) is 9.55. The summed E-state index contributed by atoms with van der Waals surface area (Å²) in [6, 6.07) is 47.8. The van der Waals surface area contributed by atoms with Crippen LogP contribution in [0.25, 0.3) is 89.9 Å². The zero-order chi connectivity index (χ0) is 31.2. The van der Waals surface area contributed by atoms with E-state index in [1.54, 1.807) is 0 Å². The van der Waals surface area contributed by atoms with E-state index in [0.717, 1.165) is 55.4 Å². The molecule has 7 nitrogen and oxygen atoms in total. The number of fused-ring (bicyclic) bond motifs is 4. The zero-order valence-corrected chi connectivity index (χ0v) is 24.9. The van der Waals surface area contributed by atoms with Gasteiger partial charge in [-0.05, 0) is 42.5 Å². The Morgan fingerprint density at radius 2 is 0.915 bits per heavy atom. The lowest BCUT2D eigenvalue weighted by atomic mass is 10.0. The van der Waals surface area contributed by atoms with Crippen molar-refractivity contribution in [1.82, 2.24) is 29.9 Å². The first-order valence-corrected chi connectivity index (χ1v) is 15.3. The molecule has 0 amide bonds. The fraction of sp³-hybridized carbons (Fsp3) is 0. The van der Waals surface area contributed by atoms with Crippen LogP contribution in [0.3, 0.4) is 0 Å². The van der Waals surface area contributed by atoms with Crippen LogP contribution in [0.5, 0.6) is 0 Å². The van der Waals surface area contributed by atoms with Gasteiger partial charge in [0.1, 0.15) is 16.8 Å². The number of furan rings is 1. The maximum atomic E-state index is 6.06. The van der Waals surface area contributed by atoms with Crippen molar-refractivity contribution in [2.45, 2.75) is 0 Å². The second kappa shape index (κ2) is 11.1. The van der Waals surface area contributed by atoms with E-state index in [2.05, 4.69) is 6.07 Å². The van der Waals surface area contributed by atoms with Crippen molar-refractivity contribution < 1.29 is 4.42 Å². The molecule has 4 aromatic heterocycles. The zero-order valence-electron chi connectivity index (χ0n) is 24.9. The van der Waals surface area contributed by atoms with Crippen LogP contribution in [0.1, 0.15) is 0 Å². The van der Waals surface area contributed by atoms with Crippen LogP contribution in [-0.2, 0) is 0 Å². The lowest BCUT2D eigenvalue weighted by Crippen LogP contribution is -2.01. The highest BCUT2D eigenvalue weighted by Crippen LogP contribution is 2.35. The van der Waals surface area contributed by atoms with E-state index in [0.29, 0.717) is 34.6 Å². The van der Waals surface area contributed by atoms with Crippen molar-refractivity contribution in [1.29, 1.82) is 0 Å². The van der Waals surface area contributed by atoms with Crippen molar-refractivity contribution >= 4 is 33.1 Å². The number of pyridine rings is 1. The van der Waals surface area contributed by atoms with Crippen LogP contribution in [0, 0.1) is 0 Å². The van der Waals surface area contributed by atoms with Gasteiger partial charge in [-0.1, -0.05) is 103 Å². The van der Waals surface area contributed by atoms with Gasteiger partial charge in [0.25, 0.3) is 0 Å². The van der Waals surface area contributed by atoms with Crippen LogP contribution in [0.4, 0.5) is 0 Å². The summed E-state index contributed by atoms with van der Waals surface area (Å²) >= 11 is 0. The first-order chi connectivity index (χ1) is 23.3. The van der Waals surface area contributed by atoms with Gasteiger partial charge < -0.3 is 4.42 Å². The van der Waals surface area contributed by atoms with Gasteiger partial charge >= 0.3 is 0 Å². The molecule has 0 aliphatic heterocycles. The molecule has 0 aliphatic rings. The third kappa shape index (κ3) is 4.87. The smallest absolute Gasteiger partial charge is 0.164 e. The first-order valence-electron chi connectivity index (χ1n) is 15.3. The Morgan fingerprint density at radius 3 is 1.62 bits per heavy atom. The van der Waals surface area contributed by atoms with Crippen LogP contribution < -0.4 is 0 Å². The molecule has 0 bridgehead atoms. The standard InChI is InChI=1S/C40H24N6O/c1-3-12-25(13-4-1)38-44-39(26-14-5-2-6-15-26)46-40(45-38)28-17-11-16-27(24-28)35-37(42-31-20-9-8-19-30(31)41-35)32-22-23-34-36(43-32)29-18-7-10-21-33(29)47-34/h1-24H. The minimum atomic E-state index is 0.569. The Hall–Kier alpha value is -6.60. The first kappa shape index (κ1) is 26.8. The van der Waals surface area contributed by atoms with Crippen molar-refractivity contribution in [3.05, 3.63) is 146 Å². The van der Waals surface area contributed by atoms with Gasteiger partial charge in [0.05, 0.1) is 22.4 Å². The molecular formula is C40H24N6O. The summed E-state index contributed by atoms with van der Waals surface area (Å²) in [5, 5.41) is 0.958. The number of aromatic nitrogens is 6. The lowest BCUT2D eigenvalue weighted by Gasteiger charge is -2.12. The monoisotopic (exact) mass is 604 g/mol. The van der Waals surface area contributed by atoms with Gasteiger partial charge in [-0.2, -0.15) is 0 Å². The van der Waals surface area contributed by atoms with Gasteiger partial charge in [0, 0.05) is 27.6 Å². The quantitative estimate of drug-likeness (QED) is 0.193. The average molecular weight is 605 g/mol. The van der Waals surface area contributed by atoms with Gasteiger partial charge in [0.15, 0.2) is 23.1 Å². The van der Waals surface area contributed by atoms with Crippen LogP contribution >= 0.6 is 0 Å². The minimum Gasteiger partial charge on any atom is -0.454 e. The number of rotatable bonds is 5. The molecule has 0 fully saturated rings. The summed E-state index contributed by atoms with van der Waals surface area (Å²) in [4.78, 5) is 30.0. The normalized spacial score (nSPS) is 11.4. The maximum Gasteiger partial charge on any atom is 0.164 e. The number of nitrogens with zero attached hydrogens (tertiary/aromatic N) is 6. The van der Waals surface area contributed by atoms with Gasteiger partial charge in [-0.15, -0.1) is 0 Å². The highest BCUT2D eigenvalue weighted by molar-refractivity contribution is 6.03. The second-order valence-electron chi connectivity index (χ2n) is 11.2. The summed E-state index contributed by atoms with van der Waals surface area (Å²) < 4.78 is 6.06. The maximum absolute atomic E-state index is 6.06. The van der Waals surface area contributed by atoms with E-state index in [1.165, 1.54) is 0 Å².